The summed E-state index contributed by atoms with van der Waals surface area (Å²) in [6.45, 7) is 3.94. The van der Waals surface area contributed by atoms with Gasteiger partial charge in [0.1, 0.15) is 5.75 Å². The Morgan fingerprint density at radius 1 is 1.20 bits per heavy atom. The van der Waals surface area contributed by atoms with Gasteiger partial charge in [0.25, 0.3) is 0 Å². The maximum atomic E-state index is 12.1. The van der Waals surface area contributed by atoms with Crippen LogP contribution in [0.15, 0.2) is 36.7 Å². The SMILES string of the molecule is CC(C)Nc1nccn1-c1ccc(OC(F)(F)F)cc1. The number of halogens is 3. The number of nitrogens with zero attached hydrogens (tertiary/aromatic N) is 2. The molecule has 0 aliphatic carbocycles. The second-order valence-electron chi connectivity index (χ2n) is 4.46. The fraction of sp³-hybridized carbons (Fsp3) is 0.308. The van der Waals surface area contributed by atoms with E-state index in [1.54, 1.807) is 17.0 Å². The van der Waals surface area contributed by atoms with Crippen molar-refractivity contribution in [2.24, 2.45) is 0 Å². The van der Waals surface area contributed by atoms with Crippen molar-refractivity contribution >= 4 is 5.95 Å². The predicted molar refractivity (Wildman–Crippen MR) is 69.0 cm³/mol. The Hall–Kier alpha value is -2.18. The molecule has 1 N–H and O–H groups in total. The number of rotatable bonds is 4. The first-order valence-electron chi connectivity index (χ1n) is 6.01. The molecule has 1 heterocycles. The molecule has 20 heavy (non-hydrogen) atoms. The minimum Gasteiger partial charge on any atom is -0.406 e. The van der Waals surface area contributed by atoms with Crippen LogP contribution in [0.25, 0.3) is 5.69 Å². The Morgan fingerprint density at radius 3 is 2.40 bits per heavy atom. The third-order valence-electron chi connectivity index (χ3n) is 2.41. The van der Waals surface area contributed by atoms with Crippen molar-refractivity contribution in [3.63, 3.8) is 0 Å². The Morgan fingerprint density at radius 2 is 1.85 bits per heavy atom. The highest BCUT2D eigenvalue weighted by atomic mass is 19.4. The van der Waals surface area contributed by atoms with E-state index in [0.717, 1.165) is 0 Å². The molecule has 0 radical (unpaired) electrons. The van der Waals surface area contributed by atoms with Crippen LogP contribution in [-0.4, -0.2) is 22.0 Å². The van der Waals surface area contributed by atoms with E-state index in [-0.39, 0.29) is 11.8 Å². The lowest BCUT2D eigenvalue weighted by Crippen LogP contribution is -2.17. The average Bonchev–Trinajstić information content (AvgIpc) is 2.75. The molecule has 0 spiro atoms. The smallest absolute Gasteiger partial charge is 0.406 e. The summed E-state index contributed by atoms with van der Waals surface area (Å²) in [7, 11) is 0. The van der Waals surface area contributed by atoms with E-state index in [1.807, 2.05) is 13.8 Å². The molecule has 0 atom stereocenters. The Bertz CT molecular complexity index is 561. The molecular formula is C13H14F3N3O. The van der Waals surface area contributed by atoms with Crippen LogP contribution in [0.4, 0.5) is 19.1 Å². The van der Waals surface area contributed by atoms with E-state index in [1.165, 1.54) is 24.3 Å². The van der Waals surface area contributed by atoms with Crippen LogP contribution in [0.2, 0.25) is 0 Å². The van der Waals surface area contributed by atoms with E-state index in [9.17, 15) is 13.2 Å². The molecule has 2 rings (SSSR count). The van der Waals surface area contributed by atoms with Crippen LogP contribution >= 0.6 is 0 Å². The number of ether oxygens (including phenoxy) is 1. The molecule has 0 bridgehead atoms. The number of alkyl halides is 3. The number of anilines is 1. The average molecular weight is 285 g/mol. The molecule has 0 unspecified atom stereocenters. The fourth-order valence-electron chi connectivity index (χ4n) is 1.69. The Balaban J connectivity index is 2.20. The predicted octanol–water partition coefficient (Wildman–Crippen LogP) is 3.59. The van der Waals surface area contributed by atoms with Crippen molar-refractivity contribution in [2.75, 3.05) is 5.32 Å². The van der Waals surface area contributed by atoms with Gasteiger partial charge in [-0.15, -0.1) is 13.2 Å². The third-order valence-corrected chi connectivity index (χ3v) is 2.41. The lowest BCUT2D eigenvalue weighted by Gasteiger charge is -2.13. The van der Waals surface area contributed by atoms with Crippen LogP contribution < -0.4 is 10.1 Å². The second-order valence-corrected chi connectivity index (χ2v) is 4.46. The number of hydrogen-bond acceptors (Lipinski definition) is 3. The maximum absolute atomic E-state index is 12.1. The standard InChI is InChI=1S/C13H14F3N3O/c1-9(2)18-12-17-7-8-19(12)10-3-5-11(6-4-10)20-13(14,15)16/h3-9H,1-2H3,(H,17,18). The zero-order valence-electron chi connectivity index (χ0n) is 11.0. The fourth-order valence-corrected chi connectivity index (χ4v) is 1.69. The molecule has 2 aromatic rings. The van der Waals surface area contributed by atoms with Crippen LogP contribution in [0.1, 0.15) is 13.8 Å². The van der Waals surface area contributed by atoms with Gasteiger partial charge in [0.2, 0.25) is 5.95 Å². The van der Waals surface area contributed by atoms with Gasteiger partial charge in [-0.1, -0.05) is 0 Å². The summed E-state index contributed by atoms with van der Waals surface area (Å²) >= 11 is 0. The van der Waals surface area contributed by atoms with Gasteiger partial charge in [0, 0.05) is 24.1 Å². The van der Waals surface area contributed by atoms with Gasteiger partial charge in [-0.05, 0) is 38.1 Å². The normalized spacial score (nSPS) is 11.7. The van der Waals surface area contributed by atoms with Crippen molar-refractivity contribution in [1.29, 1.82) is 0 Å². The number of aromatic nitrogens is 2. The lowest BCUT2D eigenvalue weighted by atomic mass is 10.3. The van der Waals surface area contributed by atoms with Gasteiger partial charge >= 0.3 is 6.36 Å². The van der Waals surface area contributed by atoms with Crippen molar-refractivity contribution in [1.82, 2.24) is 9.55 Å². The van der Waals surface area contributed by atoms with Crippen LogP contribution in [0.3, 0.4) is 0 Å². The third kappa shape index (κ3) is 3.66. The Labute approximate surface area is 114 Å². The molecule has 0 saturated heterocycles. The minimum atomic E-state index is -4.68. The number of benzene rings is 1. The maximum Gasteiger partial charge on any atom is 0.573 e. The zero-order chi connectivity index (χ0) is 14.8. The van der Waals surface area contributed by atoms with Crippen LogP contribution in [-0.2, 0) is 0 Å². The summed E-state index contributed by atoms with van der Waals surface area (Å²) in [6, 6.07) is 5.80. The van der Waals surface area contributed by atoms with Crippen molar-refractivity contribution < 1.29 is 17.9 Å². The van der Waals surface area contributed by atoms with Crippen LogP contribution in [0.5, 0.6) is 5.75 Å². The molecule has 0 aliphatic heterocycles. The number of nitrogens with one attached hydrogen (secondary N) is 1. The summed E-state index contributed by atoms with van der Waals surface area (Å²) in [5, 5.41) is 3.15. The molecule has 4 nitrogen and oxygen atoms in total. The number of imidazole rings is 1. The first kappa shape index (κ1) is 14.2. The molecule has 0 saturated carbocycles. The van der Waals surface area contributed by atoms with Crippen molar-refractivity contribution in [3.05, 3.63) is 36.7 Å². The van der Waals surface area contributed by atoms with Gasteiger partial charge in [-0.25, -0.2) is 4.98 Å². The quantitative estimate of drug-likeness (QED) is 0.933. The largest absolute Gasteiger partial charge is 0.573 e. The highest BCUT2D eigenvalue weighted by Gasteiger charge is 2.30. The van der Waals surface area contributed by atoms with E-state index in [2.05, 4.69) is 15.0 Å². The molecule has 0 amide bonds. The van der Waals surface area contributed by atoms with E-state index >= 15 is 0 Å². The van der Waals surface area contributed by atoms with Gasteiger partial charge in [-0.3, -0.25) is 4.57 Å². The first-order valence-corrected chi connectivity index (χ1v) is 6.01. The molecular weight excluding hydrogens is 271 g/mol. The molecule has 0 aliphatic rings. The molecule has 7 heteroatoms. The summed E-state index contributed by atoms with van der Waals surface area (Å²) < 4.78 is 41.8. The molecule has 108 valence electrons. The van der Waals surface area contributed by atoms with Gasteiger partial charge in [0.05, 0.1) is 0 Å². The topological polar surface area (TPSA) is 39.1 Å². The summed E-state index contributed by atoms with van der Waals surface area (Å²) in [5.74, 6) is 0.379. The minimum absolute atomic E-state index is 0.198. The van der Waals surface area contributed by atoms with Gasteiger partial charge in [0.15, 0.2) is 0 Å². The highest BCUT2D eigenvalue weighted by Crippen LogP contribution is 2.24. The lowest BCUT2D eigenvalue weighted by molar-refractivity contribution is -0.274. The van der Waals surface area contributed by atoms with Crippen molar-refractivity contribution in [3.8, 4) is 11.4 Å². The number of hydrogen-bond donors (Lipinski definition) is 1. The van der Waals surface area contributed by atoms with Gasteiger partial charge in [-0.2, -0.15) is 0 Å². The molecule has 1 aromatic heterocycles. The van der Waals surface area contributed by atoms with E-state index in [4.69, 9.17) is 0 Å². The van der Waals surface area contributed by atoms with Crippen LogP contribution in [0, 0.1) is 0 Å². The Kier molecular flexibility index (Phi) is 3.87. The first-order chi connectivity index (χ1) is 9.35. The molecule has 0 fully saturated rings. The zero-order valence-corrected chi connectivity index (χ0v) is 11.0. The highest BCUT2D eigenvalue weighted by molar-refractivity contribution is 5.44. The van der Waals surface area contributed by atoms with Gasteiger partial charge < -0.3 is 10.1 Å². The summed E-state index contributed by atoms with van der Waals surface area (Å²) in [4.78, 5) is 4.16. The summed E-state index contributed by atoms with van der Waals surface area (Å²) in [6.07, 6.45) is -1.34. The van der Waals surface area contributed by atoms with Crippen molar-refractivity contribution in [2.45, 2.75) is 26.3 Å². The summed E-state index contributed by atoms with van der Waals surface area (Å²) in [5.41, 5.74) is 0.695. The molecule has 1 aromatic carbocycles. The monoisotopic (exact) mass is 285 g/mol. The van der Waals surface area contributed by atoms with E-state index < -0.39 is 6.36 Å². The van der Waals surface area contributed by atoms with E-state index in [0.29, 0.717) is 11.6 Å². The second kappa shape index (κ2) is 5.44.